The number of aliphatic hydroxyl groups is 3. The Hall–Kier alpha value is -0.650. The van der Waals surface area contributed by atoms with Gasteiger partial charge in [0.25, 0.3) is 0 Å². The van der Waals surface area contributed by atoms with Crippen LogP contribution in [0, 0.1) is 11.3 Å². The van der Waals surface area contributed by atoms with Crippen LogP contribution in [0.3, 0.4) is 0 Å². The molecular weight excluding hydrogens is 330 g/mol. The van der Waals surface area contributed by atoms with E-state index in [9.17, 15) is 20.1 Å². The van der Waals surface area contributed by atoms with E-state index >= 15 is 0 Å². The fourth-order valence-corrected chi connectivity index (χ4v) is 3.62. The van der Waals surface area contributed by atoms with Crippen molar-refractivity contribution in [2.24, 2.45) is 17.1 Å². The normalized spacial score (nSPS) is 13.1. The molecule has 1 unspecified atom stereocenters. The van der Waals surface area contributed by atoms with Crippen LogP contribution < -0.4 is 5.73 Å². The lowest BCUT2D eigenvalue weighted by Gasteiger charge is -2.34. The minimum absolute atomic E-state index is 0.248. The number of rotatable bonds is 19. The standard InChI is InChI=1S/C21H43NO4/c1-2-3-4-5-6-7-8-9-10-11-12-13-14-15-19(16-23)21(17-24,18-25)20(22)26/h19,23-25H,2-18H2,1H3,(H2,22,26). The van der Waals surface area contributed by atoms with Gasteiger partial charge in [-0.1, -0.05) is 90.4 Å². The SMILES string of the molecule is CCCCCCCCCCCCCCCC(CO)C(CO)(CO)C(N)=O. The average molecular weight is 374 g/mol. The van der Waals surface area contributed by atoms with E-state index in [4.69, 9.17) is 5.73 Å². The molecule has 0 fully saturated rings. The molecule has 5 heteroatoms. The van der Waals surface area contributed by atoms with Gasteiger partial charge in [0.15, 0.2) is 0 Å². The van der Waals surface area contributed by atoms with Crippen LogP contribution >= 0.6 is 0 Å². The van der Waals surface area contributed by atoms with Crippen molar-refractivity contribution in [1.29, 1.82) is 0 Å². The lowest BCUT2D eigenvalue weighted by atomic mass is 9.73. The van der Waals surface area contributed by atoms with E-state index in [0.717, 1.165) is 19.3 Å². The van der Waals surface area contributed by atoms with Gasteiger partial charge in [-0.05, 0) is 6.42 Å². The molecule has 0 radical (unpaired) electrons. The Morgan fingerprint density at radius 3 is 1.46 bits per heavy atom. The van der Waals surface area contributed by atoms with E-state index < -0.39 is 30.5 Å². The monoisotopic (exact) mass is 373 g/mol. The number of hydrogen-bond acceptors (Lipinski definition) is 4. The van der Waals surface area contributed by atoms with Crippen LogP contribution in [0.15, 0.2) is 0 Å². The maximum absolute atomic E-state index is 11.6. The molecule has 0 saturated heterocycles. The molecule has 0 aromatic rings. The fourth-order valence-electron chi connectivity index (χ4n) is 3.62. The highest BCUT2D eigenvalue weighted by atomic mass is 16.3. The Balaban J connectivity index is 3.71. The van der Waals surface area contributed by atoms with Crippen LogP contribution in [0.25, 0.3) is 0 Å². The first kappa shape index (κ1) is 25.4. The van der Waals surface area contributed by atoms with Crippen molar-refractivity contribution in [3.05, 3.63) is 0 Å². The van der Waals surface area contributed by atoms with Crippen LogP contribution in [-0.2, 0) is 4.79 Å². The molecule has 0 heterocycles. The molecule has 0 aliphatic rings. The third-order valence-corrected chi connectivity index (χ3v) is 5.71. The highest BCUT2D eigenvalue weighted by molar-refractivity contribution is 5.81. The van der Waals surface area contributed by atoms with Crippen LogP contribution in [-0.4, -0.2) is 41.0 Å². The second-order valence-corrected chi connectivity index (χ2v) is 7.75. The van der Waals surface area contributed by atoms with Gasteiger partial charge in [0.05, 0.1) is 18.6 Å². The highest BCUT2D eigenvalue weighted by Crippen LogP contribution is 2.31. The van der Waals surface area contributed by atoms with Crippen molar-refractivity contribution in [3.63, 3.8) is 0 Å². The summed E-state index contributed by atoms with van der Waals surface area (Å²) in [6, 6.07) is 0. The molecule has 1 amide bonds. The smallest absolute Gasteiger partial charge is 0.228 e. The Labute approximate surface area is 160 Å². The summed E-state index contributed by atoms with van der Waals surface area (Å²) in [5, 5.41) is 28.5. The summed E-state index contributed by atoms with van der Waals surface area (Å²) in [6.45, 7) is 0.949. The summed E-state index contributed by atoms with van der Waals surface area (Å²) in [7, 11) is 0. The van der Waals surface area contributed by atoms with Crippen molar-refractivity contribution < 1.29 is 20.1 Å². The van der Waals surface area contributed by atoms with Gasteiger partial charge in [-0.25, -0.2) is 0 Å². The average Bonchev–Trinajstić information content (AvgIpc) is 2.64. The van der Waals surface area contributed by atoms with E-state index in [0.29, 0.717) is 6.42 Å². The van der Waals surface area contributed by atoms with Gasteiger partial charge in [0.1, 0.15) is 0 Å². The third kappa shape index (κ3) is 9.89. The number of aliphatic hydroxyl groups excluding tert-OH is 3. The molecular formula is C21H43NO4. The number of carbonyl (C=O) groups is 1. The first-order valence-corrected chi connectivity index (χ1v) is 10.7. The summed E-state index contributed by atoms with van der Waals surface area (Å²) in [5.74, 6) is -1.22. The number of carbonyl (C=O) groups excluding carboxylic acids is 1. The zero-order valence-electron chi connectivity index (χ0n) is 16.9. The molecule has 26 heavy (non-hydrogen) atoms. The summed E-state index contributed by atoms with van der Waals surface area (Å²) in [5.41, 5.74) is 3.93. The van der Waals surface area contributed by atoms with Crippen LogP contribution in [0.1, 0.15) is 96.8 Å². The van der Waals surface area contributed by atoms with E-state index in [2.05, 4.69) is 6.92 Å². The second kappa shape index (κ2) is 16.5. The Morgan fingerprint density at radius 2 is 1.15 bits per heavy atom. The minimum Gasteiger partial charge on any atom is -0.396 e. The zero-order chi connectivity index (χ0) is 19.7. The molecule has 0 aromatic heterocycles. The Morgan fingerprint density at radius 1 is 0.769 bits per heavy atom. The van der Waals surface area contributed by atoms with Crippen molar-refractivity contribution >= 4 is 5.91 Å². The van der Waals surface area contributed by atoms with Gasteiger partial charge in [-0.3, -0.25) is 4.79 Å². The largest absolute Gasteiger partial charge is 0.396 e. The number of hydrogen-bond donors (Lipinski definition) is 4. The maximum Gasteiger partial charge on any atom is 0.228 e. The summed E-state index contributed by atoms with van der Waals surface area (Å²) in [6.07, 6.45) is 17.0. The summed E-state index contributed by atoms with van der Waals surface area (Å²) < 4.78 is 0. The molecule has 0 saturated carbocycles. The quantitative estimate of drug-likeness (QED) is 0.260. The number of unbranched alkanes of at least 4 members (excludes halogenated alkanes) is 12. The molecule has 0 spiro atoms. The molecule has 0 aliphatic heterocycles. The Bertz CT molecular complexity index is 332. The Kier molecular flexibility index (Phi) is 16.1. The molecule has 0 aromatic carbocycles. The van der Waals surface area contributed by atoms with E-state index in [1.165, 1.54) is 64.2 Å². The van der Waals surface area contributed by atoms with Gasteiger partial charge in [-0.2, -0.15) is 0 Å². The van der Waals surface area contributed by atoms with E-state index in [1.54, 1.807) is 0 Å². The van der Waals surface area contributed by atoms with E-state index in [1.807, 2.05) is 0 Å². The van der Waals surface area contributed by atoms with Gasteiger partial charge >= 0.3 is 0 Å². The van der Waals surface area contributed by atoms with Crippen molar-refractivity contribution in [3.8, 4) is 0 Å². The third-order valence-electron chi connectivity index (χ3n) is 5.71. The van der Waals surface area contributed by atoms with Crippen molar-refractivity contribution in [2.75, 3.05) is 19.8 Å². The van der Waals surface area contributed by atoms with Gasteiger partial charge < -0.3 is 21.1 Å². The first-order chi connectivity index (χ1) is 12.6. The predicted molar refractivity (Wildman–Crippen MR) is 107 cm³/mol. The number of amides is 1. The summed E-state index contributed by atoms with van der Waals surface area (Å²) >= 11 is 0. The molecule has 0 aliphatic carbocycles. The molecule has 1 atom stereocenters. The number of primary amides is 1. The molecule has 0 rings (SSSR count). The predicted octanol–water partition coefficient (Wildman–Crippen LogP) is 3.53. The van der Waals surface area contributed by atoms with Crippen molar-refractivity contribution in [1.82, 2.24) is 0 Å². The molecule has 5 N–H and O–H groups in total. The lowest BCUT2D eigenvalue weighted by Crippen LogP contribution is -2.50. The molecule has 156 valence electrons. The van der Waals surface area contributed by atoms with Crippen molar-refractivity contribution in [2.45, 2.75) is 96.8 Å². The highest BCUT2D eigenvalue weighted by Gasteiger charge is 2.42. The minimum atomic E-state index is -1.41. The lowest BCUT2D eigenvalue weighted by molar-refractivity contribution is -0.140. The zero-order valence-corrected chi connectivity index (χ0v) is 16.9. The fraction of sp³-hybridized carbons (Fsp3) is 0.952. The van der Waals surface area contributed by atoms with Gasteiger partial charge in [0, 0.05) is 12.5 Å². The van der Waals surface area contributed by atoms with E-state index in [-0.39, 0.29) is 6.61 Å². The van der Waals surface area contributed by atoms with Gasteiger partial charge in [0.2, 0.25) is 5.91 Å². The van der Waals surface area contributed by atoms with Crippen LogP contribution in [0.4, 0.5) is 0 Å². The molecule has 5 nitrogen and oxygen atoms in total. The van der Waals surface area contributed by atoms with Crippen LogP contribution in [0.5, 0.6) is 0 Å². The first-order valence-electron chi connectivity index (χ1n) is 10.7. The maximum atomic E-state index is 11.6. The van der Waals surface area contributed by atoms with Crippen LogP contribution in [0.2, 0.25) is 0 Å². The summed E-state index contributed by atoms with van der Waals surface area (Å²) in [4.78, 5) is 11.6. The van der Waals surface area contributed by atoms with Gasteiger partial charge in [-0.15, -0.1) is 0 Å². The molecule has 0 bridgehead atoms. The topological polar surface area (TPSA) is 104 Å². The number of nitrogens with two attached hydrogens (primary N) is 1. The second-order valence-electron chi connectivity index (χ2n) is 7.75.